The van der Waals surface area contributed by atoms with E-state index in [1.165, 1.54) is 67.8 Å². The summed E-state index contributed by atoms with van der Waals surface area (Å²) in [7, 11) is 0. The largest absolute Gasteiger partial charge is 0.491 e. The first-order valence-electron chi connectivity index (χ1n) is 21.0. The molecule has 0 heterocycles. The quantitative estimate of drug-likeness (QED) is 0.0377. The zero-order valence-electron chi connectivity index (χ0n) is 34.3. The highest BCUT2D eigenvalue weighted by Gasteiger charge is 2.00. The number of benzene rings is 1. The molecule has 0 saturated heterocycles. The van der Waals surface area contributed by atoms with Gasteiger partial charge >= 0.3 is 0 Å². The molecule has 13 heteroatoms. The van der Waals surface area contributed by atoms with Crippen molar-refractivity contribution in [1.29, 1.82) is 0 Å². The van der Waals surface area contributed by atoms with E-state index in [0.717, 1.165) is 25.2 Å². The van der Waals surface area contributed by atoms with E-state index in [1.807, 2.05) is 0 Å². The van der Waals surface area contributed by atoms with Crippen molar-refractivity contribution in [2.75, 3.05) is 156 Å². The molecule has 1 rings (SSSR count). The second kappa shape index (κ2) is 46.0. The topological polar surface area (TPSA) is 111 Å². The second-order valence-corrected chi connectivity index (χ2v) is 13.9. The molecule has 55 heavy (non-hydrogen) atoms. The molecule has 0 atom stereocenters. The van der Waals surface area contributed by atoms with Crippen LogP contribution in [0.15, 0.2) is 24.3 Å². The van der Waals surface area contributed by atoms with Gasteiger partial charge in [-0.15, -0.1) is 0 Å². The Bertz CT molecular complexity index is 854. The summed E-state index contributed by atoms with van der Waals surface area (Å²) in [6, 6.07) is 8.44. The summed E-state index contributed by atoms with van der Waals surface area (Å²) < 4.78 is 67.9. The third-order valence-electron chi connectivity index (χ3n) is 8.13. The van der Waals surface area contributed by atoms with Gasteiger partial charge in [0.2, 0.25) is 0 Å². The van der Waals surface area contributed by atoms with E-state index in [1.54, 1.807) is 0 Å². The van der Waals surface area contributed by atoms with Gasteiger partial charge in [-0.05, 0) is 47.8 Å². The third-order valence-corrected chi connectivity index (χ3v) is 8.89. The number of ether oxygens (including phenoxy) is 12. The first kappa shape index (κ1) is 52.3. The number of alkyl halides is 1. The fourth-order valence-corrected chi connectivity index (χ4v) is 5.57. The average Bonchev–Trinajstić information content (AvgIpc) is 3.20. The number of hydrogen-bond donors (Lipinski definition) is 0. The predicted molar refractivity (Wildman–Crippen MR) is 225 cm³/mol. The van der Waals surface area contributed by atoms with Gasteiger partial charge in [-0.3, -0.25) is 0 Å². The molecule has 0 radical (unpaired) electrons. The standard InChI is InChI=1S/C42H77IO12/c1-2-3-4-5-6-9-12-41-13-15-42(16-14-41)55-40-39-54-38-37-53-36-35-52-34-33-51-32-31-50-30-29-49-28-27-48-26-25-47-24-23-46-22-21-45-20-19-44-18-11-8-7-10-17-43/h13-16H,2-12,17-40H2,1H3. The van der Waals surface area contributed by atoms with E-state index >= 15 is 0 Å². The van der Waals surface area contributed by atoms with Crippen molar-refractivity contribution in [1.82, 2.24) is 0 Å². The molecule has 0 aromatic heterocycles. The molecule has 12 nitrogen and oxygen atoms in total. The number of halogens is 1. The summed E-state index contributed by atoms with van der Waals surface area (Å²) in [6.07, 6.45) is 14.1. The fraction of sp³-hybridized carbons (Fsp3) is 0.857. The molecule has 0 aliphatic rings. The maximum absolute atomic E-state index is 5.78. The highest BCUT2D eigenvalue weighted by Crippen LogP contribution is 2.15. The van der Waals surface area contributed by atoms with Gasteiger partial charge in [0.1, 0.15) is 12.4 Å². The SMILES string of the molecule is CCCCCCCCc1ccc(OCCOCCOCCOCCOCCOCCOCCOCCOCCOCCOCCOCCCCCCI)cc1. The summed E-state index contributed by atoms with van der Waals surface area (Å²) in [6.45, 7) is 14.9. The molecular formula is C42H77IO12. The Morgan fingerprint density at radius 1 is 0.327 bits per heavy atom. The van der Waals surface area contributed by atoms with E-state index in [-0.39, 0.29) is 0 Å². The van der Waals surface area contributed by atoms with Gasteiger partial charge in [-0.1, -0.05) is 86.6 Å². The zero-order chi connectivity index (χ0) is 39.2. The summed E-state index contributed by atoms with van der Waals surface area (Å²) in [4.78, 5) is 0. The van der Waals surface area contributed by atoms with Crippen LogP contribution in [0.2, 0.25) is 0 Å². The Hall–Kier alpha value is -0.690. The lowest BCUT2D eigenvalue weighted by molar-refractivity contribution is -0.0277. The summed E-state index contributed by atoms with van der Waals surface area (Å²) in [5, 5.41) is 0. The molecule has 0 aliphatic carbocycles. The maximum atomic E-state index is 5.78. The van der Waals surface area contributed by atoms with E-state index < -0.39 is 0 Å². The van der Waals surface area contributed by atoms with Crippen LogP contribution in [0, 0.1) is 0 Å². The van der Waals surface area contributed by atoms with Gasteiger partial charge in [-0.2, -0.15) is 0 Å². The summed E-state index contributed by atoms with van der Waals surface area (Å²) in [5.41, 5.74) is 1.38. The Morgan fingerprint density at radius 2 is 0.636 bits per heavy atom. The van der Waals surface area contributed by atoms with Crippen molar-refractivity contribution >= 4 is 22.6 Å². The lowest BCUT2D eigenvalue weighted by Gasteiger charge is -2.09. The molecule has 0 bridgehead atoms. The molecule has 1 aromatic carbocycles. The molecule has 0 saturated carbocycles. The normalized spacial score (nSPS) is 11.5. The van der Waals surface area contributed by atoms with Gasteiger partial charge in [0.15, 0.2) is 0 Å². The van der Waals surface area contributed by atoms with E-state index in [0.29, 0.717) is 145 Å². The minimum atomic E-state index is 0.516. The minimum Gasteiger partial charge on any atom is -0.491 e. The number of hydrogen-bond acceptors (Lipinski definition) is 12. The van der Waals surface area contributed by atoms with Crippen molar-refractivity contribution in [3.05, 3.63) is 29.8 Å². The highest BCUT2D eigenvalue weighted by molar-refractivity contribution is 14.1. The van der Waals surface area contributed by atoms with Crippen LogP contribution in [0.1, 0.15) is 76.7 Å². The fourth-order valence-electron chi connectivity index (χ4n) is 5.03. The zero-order valence-corrected chi connectivity index (χ0v) is 36.5. The minimum absolute atomic E-state index is 0.516. The van der Waals surface area contributed by atoms with Crippen molar-refractivity contribution < 1.29 is 56.8 Å². The molecule has 0 fully saturated rings. The van der Waals surface area contributed by atoms with Gasteiger partial charge in [0, 0.05) is 6.61 Å². The van der Waals surface area contributed by atoms with Crippen LogP contribution in [-0.2, 0) is 58.5 Å². The lowest BCUT2D eigenvalue weighted by atomic mass is 10.0. The summed E-state index contributed by atoms with van der Waals surface area (Å²) >= 11 is 2.42. The smallest absolute Gasteiger partial charge is 0.119 e. The van der Waals surface area contributed by atoms with Crippen LogP contribution in [-0.4, -0.2) is 156 Å². The highest BCUT2D eigenvalue weighted by atomic mass is 127. The van der Waals surface area contributed by atoms with Crippen molar-refractivity contribution in [2.24, 2.45) is 0 Å². The molecular weight excluding hydrogens is 823 g/mol. The average molecular weight is 901 g/mol. The predicted octanol–water partition coefficient (Wildman–Crippen LogP) is 7.15. The van der Waals surface area contributed by atoms with Crippen LogP contribution in [0.4, 0.5) is 0 Å². The maximum Gasteiger partial charge on any atom is 0.119 e. The summed E-state index contributed by atoms with van der Waals surface area (Å²) in [5.74, 6) is 0.887. The van der Waals surface area contributed by atoms with Crippen LogP contribution in [0.5, 0.6) is 5.75 Å². The molecule has 0 unspecified atom stereocenters. The number of unbranched alkanes of at least 4 members (excludes halogenated alkanes) is 8. The number of aryl methyl sites for hydroxylation is 1. The molecule has 1 aromatic rings. The van der Waals surface area contributed by atoms with Crippen molar-refractivity contribution in [3.63, 3.8) is 0 Å². The van der Waals surface area contributed by atoms with Crippen LogP contribution < -0.4 is 4.74 Å². The lowest BCUT2D eigenvalue weighted by Crippen LogP contribution is -2.15. The molecule has 0 aliphatic heterocycles. The first-order chi connectivity index (χ1) is 27.4. The van der Waals surface area contributed by atoms with Crippen molar-refractivity contribution in [2.45, 2.75) is 77.6 Å². The Morgan fingerprint density at radius 3 is 1.02 bits per heavy atom. The monoisotopic (exact) mass is 900 g/mol. The Balaban J connectivity index is 1.66. The second-order valence-electron chi connectivity index (χ2n) is 12.8. The van der Waals surface area contributed by atoms with Crippen LogP contribution in [0.25, 0.3) is 0 Å². The van der Waals surface area contributed by atoms with Gasteiger partial charge in [-0.25, -0.2) is 0 Å². The van der Waals surface area contributed by atoms with Gasteiger partial charge in [0.25, 0.3) is 0 Å². The molecule has 0 N–H and O–H groups in total. The van der Waals surface area contributed by atoms with Crippen molar-refractivity contribution in [3.8, 4) is 5.75 Å². The third kappa shape index (κ3) is 41.3. The van der Waals surface area contributed by atoms with E-state index in [4.69, 9.17) is 56.8 Å². The van der Waals surface area contributed by atoms with Crippen LogP contribution in [0.3, 0.4) is 0 Å². The Labute approximate surface area is 347 Å². The van der Waals surface area contributed by atoms with E-state index in [9.17, 15) is 0 Å². The number of rotatable bonds is 47. The van der Waals surface area contributed by atoms with Crippen LogP contribution >= 0.6 is 22.6 Å². The Kier molecular flexibility index (Phi) is 43.8. The van der Waals surface area contributed by atoms with Gasteiger partial charge in [0.05, 0.1) is 139 Å². The van der Waals surface area contributed by atoms with E-state index in [2.05, 4.69) is 53.8 Å². The molecule has 0 spiro atoms. The molecule has 324 valence electrons. The van der Waals surface area contributed by atoms with Gasteiger partial charge < -0.3 is 56.8 Å². The molecule has 0 amide bonds. The first-order valence-corrected chi connectivity index (χ1v) is 22.5.